The fourth-order valence-electron chi connectivity index (χ4n) is 4.89. The van der Waals surface area contributed by atoms with Crippen molar-refractivity contribution < 1.29 is 4.79 Å². The Kier molecular flexibility index (Phi) is 3.85. The van der Waals surface area contributed by atoms with Crippen molar-refractivity contribution in [3.63, 3.8) is 0 Å². The lowest BCUT2D eigenvalue weighted by molar-refractivity contribution is 0.0833. The summed E-state index contributed by atoms with van der Waals surface area (Å²) >= 11 is 0. The number of fused-ring (bicyclic) bond motifs is 4. The molecule has 1 saturated carbocycles. The summed E-state index contributed by atoms with van der Waals surface area (Å²) in [6, 6.07) is 2.32. The molecule has 5 rings (SSSR count). The lowest BCUT2D eigenvalue weighted by atomic mass is 9.80. The first-order valence-electron chi connectivity index (χ1n) is 9.90. The molecule has 1 atom stereocenters. The Morgan fingerprint density at radius 2 is 2.12 bits per heavy atom. The van der Waals surface area contributed by atoms with Crippen LogP contribution < -0.4 is 16.0 Å². The molecule has 3 N–H and O–H groups in total. The van der Waals surface area contributed by atoms with Crippen LogP contribution >= 0.6 is 0 Å². The van der Waals surface area contributed by atoms with Gasteiger partial charge in [-0.2, -0.15) is 4.98 Å². The maximum Gasteiger partial charge on any atom is 0.268 e. The van der Waals surface area contributed by atoms with Crippen LogP contribution in [0, 0.1) is 0 Å². The van der Waals surface area contributed by atoms with Crippen LogP contribution in [0.4, 0.5) is 5.95 Å². The maximum absolute atomic E-state index is 12.5. The van der Waals surface area contributed by atoms with E-state index in [9.17, 15) is 4.79 Å². The molecule has 1 aliphatic carbocycles. The Morgan fingerprint density at radius 3 is 2.92 bits per heavy atom. The predicted octanol–water partition coefficient (Wildman–Crippen LogP) is 2.00. The zero-order valence-electron chi connectivity index (χ0n) is 15.1. The highest BCUT2D eigenvalue weighted by atomic mass is 16.2. The quantitative estimate of drug-likeness (QED) is 0.768. The van der Waals surface area contributed by atoms with Gasteiger partial charge in [-0.25, -0.2) is 4.98 Å². The smallest absolute Gasteiger partial charge is 0.268 e. The molecule has 1 spiro atoms. The molecule has 1 saturated heterocycles. The van der Waals surface area contributed by atoms with E-state index < -0.39 is 0 Å². The minimum Gasteiger partial charge on any atom is -0.350 e. The molecule has 2 aromatic heterocycles. The molecule has 138 valence electrons. The van der Waals surface area contributed by atoms with Gasteiger partial charge in [-0.3, -0.25) is 4.79 Å². The maximum atomic E-state index is 12.5. The molecular weight excluding hydrogens is 328 g/mol. The monoisotopic (exact) mass is 354 g/mol. The number of aromatic nitrogens is 3. The zero-order valence-corrected chi connectivity index (χ0v) is 15.1. The van der Waals surface area contributed by atoms with Gasteiger partial charge in [0.1, 0.15) is 11.3 Å². The fourth-order valence-corrected chi connectivity index (χ4v) is 4.89. The first kappa shape index (κ1) is 16.1. The van der Waals surface area contributed by atoms with E-state index in [0.29, 0.717) is 18.5 Å². The fraction of sp³-hybridized carbons (Fsp3) is 0.632. The van der Waals surface area contributed by atoms with Crippen molar-refractivity contribution in [2.75, 3.05) is 25.0 Å². The van der Waals surface area contributed by atoms with Crippen LogP contribution in [-0.4, -0.2) is 46.1 Å². The number of hydrogen-bond acceptors (Lipinski definition) is 5. The van der Waals surface area contributed by atoms with Gasteiger partial charge in [-0.15, -0.1) is 0 Å². The first-order valence-corrected chi connectivity index (χ1v) is 9.90. The predicted molar refractivity (Wildman–Crippen MR) is 100 cm³/mol. The molecule has 4 heterocycles. The number of rotatable bonds is 2. The van der Waals surface area contributed by atoms with Crippen molar-refractivity contribution in [3.05, 3.63) is 18.0 Å². The number of nitrogens with one attached hydrogen (secondary N) is 3. The Hall–Kier alpha value is -2.15. The second-order valence-electron chi connectivity index (χ2n) is 7.99. The minimum absolute atomic E-state index is 0.00480. The third-order valence-electron chi connectivity index (χ3n) is 6.24. The number of amides is 1. The number of carbonyl (C=O) groups excluding carboxylic acids is 1. The summed E-state index contributed by atoms with van der Waals surface area (Å²) in [6.07, 6.45) is 10.1. The van der Waals surface area contributed by atoms with Gasteiger partial charge >= 0.3 is 0 Å². The Balaban J connectivity index is 1.57. The molecule has 1 amide bonds. The van der Waals surface area contributed by atoms with Gasteiger partial charge < -0.3 is 20.5 Å². The molecule has 2 aromatic rings. The second-order valence-corrected chi connectivity index (χ2v) is 7.99. The molecule has 3 aliphatic rings. The van der Waals surface area contributed by atoms with Crippen molar-refractivity contribution in [1.82, 2.24) is 25.2 Å². The van der Waals surface area contributed by atoms with E-state index in [4.69, 9.17) is 4.98 Å². The molecule has 7 nitrogen and oxygen atoms in total. The van der Waals surface area contributed by atoms with E-state index in [1.165, 1.54) is 25.7 Å². The molecule has 0 aromatic carbocycles. The van der Waals surface area contributed by atoms with Crippen LogP contribution in [0.3, 0.4) is 0 Å². The summed E-state index contributed by atoms with van der Waals surface area (Å²) < 4.78 is 2.23. The zero-order chi connectivity index (χ0) is 17.6. The first-order chi connectivity index (χ1) is 12.8. The van der Waals surface area contributed by atoms with Crippen molar-refractivity contribution in [2.45, 2.75) is 56.5 Å². The second kappa shape index (κ2) is 6.23. The van der Waals surface area contributed by atoms with Crippen LogP contribution in [0.25, 0.3) is 11.0 Å². The van der Waals surface area contributed by atoms with E-state index in [0.717, 1.165) is 49.1 Å². The van der Waals surface area contributed by atoms with Crippen LogP contribution in [0.1, 0.15) is 55.4 Å². The highest BCUT2D eigenvalue weighted by Gasteiger charge is 2.41. The van der Waals surface area contributed by atoms with Gasteiger partial charge in [0.25, 0.3) is 5.91 Å². The van der Waals surface area contributed by atoms with Crippen molar-refractivity contribution in [1.29, 1.82) is 0 Å². The molecular formula is C19H26N6O. The van der Waals surface area contributed by atoms with Crippen LogP contribution in [0.5, 0.6) is 0 Å². The van der Waals surface area contributed by atoms with E-state index in [2.05, 4.69) is 25.5 Å². The highest BCUT2D eigenvalue weighted by Crippen LogP contribution is 2.40. The van der Waals surface area contributed by atoms with Crippen LogP contribution in [0.15, 0.2) is 12.3 Å². The third kappa shape index (κ3) is 2.57. The summed E-state index contributed by atoms with van der Waals surface area (Å²) in [5.41, 5.74) is 1.61. The molecule has 26 heavy (non-hydrogen) atoms. The van der Waals surface area contributed by atoms with Gasteiger partial charge in [0.05, 0.1) is 5.54 Å². The average Bonchev–Trinajstić information content (AvgIpc) is 3.07. The van der Waals surface area contributed by atoms with Gasteiger partial charge in [-0.05, 0) is 38.3 Å². The van der Waals surface area contributed by atoms with Gasteiger partial charge in [0.15, 0.2) is 0 Å². The molecule has 0 radical (unpaired) electrons. The van der Waals surface area contributed by atoms with E-state index >= 15 is 0 Å². The number of nitrogens with zero attached hydrogens (tertiary/aromatic N) is 3. The van der Waals surface area contributed by atoms with Gasteiger partial charge in [0.2, 0.25) is 5.95 Å². The molecule has 7 heteroatoms. The summed E-state index contributed by atoms with van der Waals surface area (Å²) in [4.78, 5) is 21.8. The minimum atomic E-state index is -0.0265. The van der Waals surface area contributed by atoms with Gasteiger partial charge in [0, 0.05) is 30.7 Å². The van der Waals surface area contributed by atoms with E-state index in [-0.39, 0.29) is 11.4 Å². The summed E-state index contributed by atoms with van der Waals surface area (Å²) in [5, 5.41) is 10.9. The van der Waals surface area contributed by atoms with Crippen LogP contribution in [0.2, 0.25) is 0 Å². The lowest BCUT2D eigenvalue weighted by Gasteiger charge is -2.42. The number of hydrogen-bond donors (Lipinski definition) is 3. The average molecular weight is 354 g/mol. The third-order valence-corrected chi connectivity index (χ3v) is 6.24. The molecule has 2 aliphatic heterocycles. The Morgan fingerprint density at radius 1 is 1.23 bits per heavy atom. The van der Waals surface area contributed by atoms with Crippen molar-refractivity contribution in [3.8, 4) is 0 Å². The normalized spacial score (nSPS) is 25.1. The highest BCUT2D eigenvalue weighted by molar-refractivity contribution is 5.99. The molecule has 0 bridgehead atoms. The van der Waals surface area contributed by atoms with Crippen molar-refractivity contribution >= 4 is 22.9 Å². The molecule has 2 fully saturated rings. The van der Waals surface area contributed by atoms with Crippen molar-refractivity contribution in [2.24, 2.45) is 0 Å². The Labute approximate surface area is 153 Å². The Bertz CT molecular complexity index is 832. The topological polar surface area (TPSA) is 83.9 Å². The molecule has 1 unspecified atom stereocenters. The summed E-state index contributed by atoms with van der Waals surface area (Å²) in [7, 11) is 0. The number of anilines is 1. The van der Waals surface area contributed by atoms with Gasteiger partial charge in [-0.1, -0.05) is 19.3 Å². The summed E-state index contributed by atoms with van der Waals surface area (Å²) in [5.74, 6) is 0.675. The SMILES string of the molecule is O=C1NCC2(CCCCC2)n2c1cc1cnc(NC3CCCNC3)nc12. The number of carbonyl (C=O) groups is 1. The van der Waals surface area contributed by atoms with E-state index in [1.54, 1.807) is 0 Å². The largest absolute Gasteiger partial charge is 0.350 e. The lowest BCUT2D eigenvalue weighted by Crippen LogP contribution is -2.52. The van der Waals surface area contributed by atoms with Crippen LogP contribution in [-0.2, 0) is 5.54 Å². The van der Waals surface area contributed by atoms with E-state index in [1.807, 2.05) is 12.3 Å². The summed E-state index contributed by atoms with van der Waals surface area (Å²) in [6.45, 7) is 2.74. The number of piperidine rings is 1. The standard InChI is InChI=1S/C19H26N6O/c26-17-15-9-13-10-21-18(23-14-5-4-8-20-11-14)24-16(13)25(15)19(12-22-17)6-2-1-3-7-19/h9-10,14,20H,1-8,11-12H2,(H,22,26)(H,21,23,24).